The summed E-state index contributed by atoms with van der Waals surface area (Å²) in [5.74, 6) is 0.0960. The molecule has 21 heavy (non-hydrogen) atoms. The van der Waals surface area contributed by atoms with Crippen molar-refractivity contribution in [3.63, 3.8) is 0 Å². The van der Waals surface area contributed by atoms with Crippen molar-refractivity contribution in [3.05, 3.63) is 29.3 Å². The summed E-state index contributed by atoms with van der Waals surface area (Å²) < 4.78 is 39.8. The van der Waals surface area contributed by atoms with E-state index < -0.39 is 11.7 Å². The van der Waals surface area contributed by atoms with Gasteiger partial charge in [-0.3, -0.25) is 4.90 Å². The van der Waals surface area contributed by atoms with E-state index in [1.165, 1.54) is 18.9 Å². The maximum atomic E-state index is 13.3. The number of rotatable bonds is 3. The predicted molar refractivity (Wildman–Crippen MR) is 77.8 cm³/mol. The van der Waals surface area contributed by atoms with E-state index in [9.17, 15) is 13.2 Å². The smallest absolute Gasteiger partial charge is 0.368 e. The topological polar surface area (TPSA) is 6.48 Å². The molecule has 0 spiro atoms. The number of benzene rings is 1. The summed E-state index contributed by atoms with van der Waals surface area (Å²) in [5.41, 5.74) is 0.219. The lowest BCUT2D eigenvalue weighted by Gasteiger charge is -2.37. The van der Waals surface area contributed by atoms with Crippen molar-refractivity contribution in [2.24, 2.45) is 0 Å². The molecule has 0 unspecified atom stereocenters. The van der Waals surface area contributed by atoms with Gasteiger partial charge in [0.15, 0.2) is 0 Å². The molecule has 1 saturated heterocycles. The van der Waals surface area contributed by atoms with Crippen molar-refractivity contribution in [3.8, 4) is 0 Å². The van der Waals surface area contributed by atoms with E-state index in [-0.39, 0.29) is 11.6 Å². The fraction of sp³-hybridized carbons (Fsp3) is 0.600. The summed E-state index contributed by atoms with van der Waals surface area (Å²) in [7, 11) is 0. The standard InChI is InChI=1S/C15H18ClF3N2/c16-10-11-1-4-14(13(9-11)15(17,18)19)21-7-5-20(6-8-21)12-2-3-12/h1,4,9,12H,2-3,5-8,10H2. The molecule has 0 atom stereocenters. The Hall–Kier alpha value is -0.940. The molecule has 0 bridgehead atoms. The number of halogens is 4. The highest BCUT2D eigenvalue weighted by atomic mass is 35.5. The second kappa shape index (κ2) is 5.69. The van der Waals surface area contributed by atoms with Gasteiger partial charge in [-0.25, -0.2) is 0 Å². The summed E-state index contributed by atoms with van der Waals surface area (Å²) in [6, 6.07) is 5.10. The van der Waals surface area contributed by atoms with Crippen LogP contribution in [0, 0.1) is 0 Å². The first-order valence-electron chi connectivity index (χ1n) is 7.24. The highest BCUT2D eigenvalue weighted by molar-refractivity contribution is 6.17. The Kier molecular flexibility index (Phi) is 4.06. The zero-order valence-corrected chi connectivity index (χ0v) is 12.4. The monoisotopic (exact) mass is 318 g/mol. The summed E-state index contributed by atoms with van der Waals surface area (Å²) in [4.78, 5) is 4.23. The predicted octanol–water partition coefficient (Wildman–Crippen LogP) is 3.73. The summed E-state index contributed by atoms with van der Waals surface area (Å²) in [6.45, 7) is 3.00. The van der Waals surface area contributed by atoms with Gasteiger partial charge in [0, 0.05) is 43.8 Å². The van der Waals surface area contributed by atoms with Crippen molar-refractivity contribution in [2.45, 2.75) is 30.9 Å². The third-order valence-electron chi connectivity index (χ3n) is 4.24. The van der Waals surface area contributed by atoms with Gasteiger partial charge < -0.3 is 4.90 Å². The van der Waals surface area contributed by atoms with Crippen molar-refractivity contribution in [1.29, 1.82) is 0 Å². The first-order chi connectivity index (χ1) is 9.99. The van der Waals surface area contributed by atoms with Crippen molar-refractivity contribution >= 4 is 17.3 Å². The third kappa shape index (κ3) is 3.29. The zero-order chi connectivity index (χ0) is 15.0. The molecule has 3 rings (SSSR count). The van der Waals surface area contributed by atoms with E-state index in [0.717, 1.165) is 13.1 Å². The van der Waals surface area contributed by atoms with Gasteiger partial charge in [-0.15, -0.1) is 11.6 Å². The summed E-state index contributed by atoms with van der Waals surface area (Å²) in [6.07, 6.45) is -1.87. The Morgan fingerprint density at radius 3 is 2.29 bits per heavy atom. The molecule has 116 valence electrons. The van der Waals surface area contributed by atoms with Crippen molar-refractivity contribution < 1.29 is 13.2 Å². The molecule has 1 saturated carbocycles. The molecule has 0 N–H and O–H groups in total. The Balaban J connectivity index is 1.81. The number of piperazine rings is 1. The minimum Gasteiger partial charge on any atom is -0.368 e. The van der Waals surface area contributed by atoms with Crippen molar-refractivity contribution in [1.82, 2.24) is 4.90 Å². The quantitative estimate of drug-likeness (QED) is 0.784. The minimum absolute atomic E-state index is 0.0960. The minimum atomic E-state index is -4.34. The number of hydrogen-bond donors (Lipinski definition) is 0. The van der Waals surface area contributed by atoms with E-state index in [1.54, 1.807) is 12.1 Å². The van der Waals surface area contributed by atoms with Crippen LogP contribution in [0.5, 0.6) is 0 Å². The number of anilines is 1. The van der Waals surface area contributed by atoms with Crippen LogP contribution in [-0.4, -0.2) is 37.1 Å². The van der Waals surface area contributed by atoms with Crippen LogP contribution in [0.25, 0.3) is 0 Å². The molecule has 0 aromatic heterocycles. The number of hydrogen-bond acceptors (Lipinski definition) is 2. The van der Waals surface area contributed by atoms with E-state index in [4.69, 9.17) is 11.6 Å². The molecular weight excluding hydrogens is 301 g/mol. The average Bonchev–Trinajstić information content (AvgIpc) is 3.30. The second-order valence-corrected chi connectivity index (χ2v) is 6.00. The molecule has 2 fully saturated rings. The largest absolute Gasteiger partial charge is 0.418 e. The normalized spacial score (nSPS) is 20.9. The van der Waals surface area contributed by atoms with Gasteiger partial charge >= 0.3 is 6.18 Å². The molecule has 1 aliphatic carbocycles. The zero-order valence-electron chi connectivity index (χ0n) is 11.7. The highest BCUT2D eigenvalue weighted by Gasteiger charge is 2.37. The molecule has 1 aromatic carbocycles. The third-order valence-corrected chi connectivity index (χ3v) is 4.55. The van der Waals surface area contributed by atoms with Crippen molar-refractivity contribution in [2.75, 3.05) is 31.1 Å². The lowest BCUT2D eigenvalue weighted by Crippen LogP contribution is -2.47. The summed E-state index contributed by atoms with van der Waals surface area (Å²) >= 11 is 5.66. The van der Waals surface area contributed by atoms with E-state index in [2.05, 4.69) is 4.90 Å². The van der Waals surface area contributed by atoms with Gasteiger partial charge in [0.05, 0.1) is 5.56 Å². The lowest BCUT2D eigenvalue weighted by atomic mass is 10.1. The molecular formula is C15H18ClF3N2. The number of nitrogens with zero attached hydrogens (tertiary/aromatic N) is 2. The molecule has 2 aliphatic rings. The molecule has 1 aliphatic heterocycles. The summed E-state index contributed by atoms with van der Waals surface area (Å²) in [5, 5.41) is 0. The molecule has 6 heteroatoms. The molecule has 2 nitrogen and oxygen atoms in total. The second-order valence-electron chi connectivity index (χ2n) is 5.74. The van der Waals surface area contributed by atoms with Gasteiger partial charge in [0.1, 0.15) is 0 Å². The van der Waals surface area contributed by atoms with Crippen LogP contribution in [0.15, 0.2) is 18.2 Å². The average molecular weight is 319 g/mol. The van der Waals surface area contributed by atoms with Crippen LogP contribution in [0.2, 0.25) is 0 Å². The van der Waals surface area contributed by atoms with E-state index in [1.807, 2.05) is 4.90 Å². The van der Waals surface area contributed by atoms with Crippen LogP contribution in [0.3, 0.4) is 0 Å². The van der Waals surface area contributed by atoms with Gasteiger partial charge in [-0.2, -0.15) is 13.2 Å². The first-order valence-corrected chi connectivity index (χ1v) is 7.77. The van der Waals surface area contributed by atoms with Crippen LogP contribution in [-0.2, 0) is 12.1 Å². The molecule has 0 amide bonds. The SMILES string of the molecule is FC(F)(F)c1cc(CCl)ccc1N1CCN(C2CC2)CC1. The Bertz CT molecular complexity index is 506. The lowest BCUT2D eigenvalue weighted by molar-refractivity contribution is -0.137. The van der Waals surface area contributed by atoms with Crippen LogP contribution in [0.4, 0.5) is 18.9 Å². The molecule has 1 aromatic rings. The van der Waals surface area contributed by atoms with Gasteiger partial charge in [-0.1, -0.05) is 6.07 Å². The Labute approximate surface area is 127 Å². The Morgan fingerprint density at radius 1 is 1.10 bits per heavy atom. The Morgan fingerprint density at radius 2 is 1.76 bits per heavy atom. The fourth-order valence-electron chi connectivity index (χ4n) is 2.94. The number of alkyl halides is 4. The fourth-order valence-corrected chi connectivity index (χ4v) is 3.10. The maximum Gasteiger partial charge on any atom is 0.418 e. The molecule has 1 heterocycles. The van der Waals surface area contributed by atoms with Gasteiger partial charge in [0.2, 0.25) is 0 Å². The highest BCUT2D eigenvalue weighted by Crippen LogP contribution is 2.38. The molecule has 0 radical (unpaired) electrons. The van der Waals surface area contributed by atoms with Crippen LogP contribution < -0.4 is 4.90 Å². The van der Waals surface area contributed by atoms with Crippen LogP contribution >= 0.6 is 11.6 Å². The maximum absolute atomic E-state index is 13.3. The van der Waals surface area contributed by atoms with Crippen LogP contribution in [0.1, 0.15) is 24.0 Å². The van der Waals surface area contributed by atoms with Gasteiger partial charge in [-0.05, 0) is 30.5 Å². The van der Waals surface area contributed by atoms with E-state index in [0.29, 0.717) is 24.7 Å². The van der Waals surface area contributed by atoms with Gasteiger partial charge in [0.25, 0.3) is 0 Å². The first kappa shape index (κ1) is 15.0. The van der Waals surface area contributed by atoms with E-state index >= 15 is 0 Å².